The van der Waals surface area contributed by atoms with Gasteiger partial charge in [-0.05, 0) is 6.92 Å². The zero-order valence-corrected chi connectivity index (χ0v) is 9.87. The fraction of sp³-hybridized carbons (Fsp3) is 0.364. The van der Waals surface area contributed by atoms with Gasteiger partial charge in [-0.25, -0.2) is 0 Å². The molecule has 6 nitrogen and oxygen atoms in total. The van der Waals surface area contributed by atoms with Gasteiger partial charge in [0.05, 0.1) is 24.0 Å². The third-order valence-electron chi connectivity index (χ3n) is 2.61. The molecule has 90 valence electrons. The van der Waals surface area contributed by atoms with Crippen molar-refractivity contribution in [1.82, 2.24) is 19.6 Å². The number of hydrogen-bond acceptors (Lipinski definition) is 4. The molecule has 0 aliphatic rings. The summed E-state index contributed by atoms with van der Waals surface area (Å²) in [6.45, 7) is 2.69. The molecule has 17 heavy (non-hydrogen) atoms. The predicted molar refractivity (Wildman–Crippen MR) is 62.4 cm³/mol. The van der Waals surface area contributed by atoms with Gasteiger partial charge in [0.2, 0.25) is 0 Å². The summed E-state index contributed by atoms with van der Waals surface area (Å²) in [7, 11) is 1.79. The lowest BCUT2D eigenvalue weighted by Crippen LogP contribution is -2.20. The first kappa shape index (κ1) is 11.5. The highest BCUT2D eigenvalue weighted by Crippen LogP contribution is 2.14. The Hall–Kier alpha value is -1.95. The molecule has 2 rings (SSSR count). The molecular formula is C11H15N5O. The van der Waals surface area contributed by atoms with Gasteiger partial charge >= 0.3 is 0 Å². The molecule has 0 saturated heterocycles. The fourth-order valence-corrected chi connectivity index (χ4v) is 1.60. The van der Waals surface area contributed by atoms with Crippen molar-refractivity contribution in [3.05, 3.63) is 35.9 Å². The van der Waals surface area contributed by atoms with E-state index in [1.165, 1.54) is 0 Å². The van der Waals surface area contributed by atoms with Gasteiger partial charge in [0, 0.05) is 31.5 Å². The van der Waals surface area contributed by atoms with Crippen molar-refractivity contribution >= 4 is 5.78 Å². The Labute approximate surface area is 99.0 Å². The summed E-state index contributed by atoms with van der Waals surface area (Å²) in [5.74, 6) is -0.141. The van der Waals surface area contributed by atoms with Crippen molar-refractivity contribution in [3.8, 4) is 0 Å². The molecule has 0 amide bonds. The maximum absolute atomic E-state index is 12.1. The van der Waals surface area contributed by atoms with Gasteiger partial charge < -0.3 is 5.73 Å². The topological polar surface area (TPSA) is 78.7 Å². The first-order valence-electron chi connectivity index (χ1n) is 5.42. The standard InChI is InChI=1S/C11H15N5O/c1-3-16-7-9(5-14-16)11(17)10(12)8-4-13-15(2)6-8/h4-7,10H,3,12H2,1-2H3. The summed E-state index contributed by atoms with van der Waals surface area (Å²) in [5, 5.41) is 8.06. The summed E-state index contributed by atoms with van der Waals surface area (Å²) in [6, 6.07) is -0.682. The molecular weight excluding hydrogens is 218 g/mol. The third kappa shape index (κ3) is 2.26. The Bertz CT molecular complexity index is 527. The van der Waals surface area contributed by atoms with Gasteiger partial charge in [0.25, 0.3) is 0 Å². The highest BCUT2D eigenvalue weighted by Gasteiger charge is 2.20. The second kappa shape index (κ2) is 4.50. The molecule has 1 atom stereocenters. The van der Waals surface area contributed by atoms with Gasteiger partial charge in [0.15, 0.2) is 5.78 Å². The maximum atomic E-state index is 12.1. The van der Waals surface area contributed by atoms with Crippen LogP contribution in [0.5, 0.6) is 0 Å². The molecule has 6 heteroatoms. The zero-order valence-electron chi connectivity index (χ0n) is 9.87. The normalized spacial score (nSPS) is 12.6. The van der Waals surface area contributed by atoms with E-state index in [-0.39, 0.29) is 5.78 Å². The molecule has 0 fully saturated rings. The second-order valence-corrected chi connectivity index (χ2v) is 3.87. The SMILES string of the molecule is CCn1cc(C(=O)C(N)c2cnn(C)c2)cn1. The number of rotatable bonds is 4. The molecule has 0 bridgehead atoms. The number of aromatic nitrogens is 4. The van der Waals surface area contributed by atoms with Gasteiger partial charge in [0.1, 0.15) is 0 Å². The first-order chi connectivity index (χ1) is 8.11. The minimum Gasteiger partial charge on any atom is -0.317 e. The summed E-state index contributed by atoms with van der Waals surface area (Å²) in [4.78, 5) is 12.1. The summed E-state index contributed by atoms with van der Waals surface area (Å²) >= 11 is 0. The van der Waals surface area contributed by atoms with Crippen molar-refractivity contribution in [2.45, 2.75) is 19.5 Å². The van der Waals surface area contributed by atoms with Gasteiger partial charge in [-0.3, -0.25) is 14.2 Å². The van der Waals surface area contributed by atoms with Gasteiger partial charge in [-0.1, -0.05) is 0 Å². The molecule has 0 saturated carbocycles. The molecule has 2 aromatic heterocycles. The average molecular weight is 233 g/mol. The van der Waals surface area contributed by atoms with Crippen molar-refractivity contribution in [1.29, 1.82) is 0 Å². The largest absolute Gasteiger partial charge is 0.317 e. The van der Waals surface area contributed by atoms with Crippen molar-refractivity contribution in [2.24, 2.45) is 12.8 Å². The molecule has 0 spiro atoms. The van der Waals surface area contributed by atoms with Crippen LogP contribution in [0.4, 0.5) is 0 Å². The van der Waals surface area contributed by atoms with Gasteiger partial charge in [-0.2, -0.15) is 10.2 Å². The van der Waals surface area contributed by atoms with E-state index >= 15 is 0 Å². The zero-order chi connectivity index (χ0) is 12.4. The summed E-state index contributed by atoms with van der Waals surface area (Å²) in [5.41, 5.74) is 7.14. The van der Waals surface area contributed by atoms with E-state index in [4.69, 9.17) is 5.73 Å². The Kier molecular flexibility index (Phi) is 3.06. The van der Waals surface area contributed by atoms with E-state index < -0.39 is 6.04 Å². The Morgan fingerprint density at radius 2 is 2.18 bits per heavy atom. The predicted octanol–water partition coefficient (Wildman–Crippen LogP) is 0.519. The van der Waals surface area contributed by atoms with Crippen LogP contribution in [0.2, 0.25) is 0 Å². The van der Waals surface area contributed by atoms with Crippen LogP contribution in [0.25, 0.3) is 0 Å². The molecule has 0 radical (unpaired) electrons. The second-order valence-electron chi connectivity index (χ2n) is 3.87. The number of nitrogens with two attached hydrogens (primary N) is 1. The van der Waals surface area contributed by atoms with Crippen LogP contribution in [0.15, 0.2) is 24.8 Å². The summed E-state index contributed by atoms with van der Waals surface area (Å²) in [6.07, 6.45) is 6.60. The molecule has 0 aliphatic heterocycles. The molecule has 2 N–H and O–H groups in total. The minimum absolute atomic E-state index is 0.141. The number of carbonyl (C=O) groups excluding carboxylic acids is 1. The average Bonchev–Trinajstić information content (AvgIpc) is 2.95. The molecule has 0 aliphatic carbocycles. The number of Topliss-reactive ketones (excluding diaryl/α,β-unsaturated/α-hetero) is 1. The molecule has 0 aromatic carbocycles. The van der Waals surface area contributed by atoms with Crippen molar-refractivity contribution in [2.75, 3.05) is 0 Å². The number of aryl methyl sites for hydroxylation is 2. The molecule has 1 unspecified atom stereocenters. The fourth-order valence-electron chi connectivity index (χ4n) is 1.60. The van der Waals surface area contributed by atoms with E-state index in [9.17, 15) is 4.79 Å². The van der Waals surface area contributed by atoms with E-state index in [0.29, 0.717) is 11.1 Å². The lowest BCUT2D eigenvalue weighted by atomic mass is 10.0. The number of carbonyl (C=O) groups is 1. The van der Waals surface area contributed by atoms with Crippen LogP contribution in [-0.4, -0.2) is 25.3 Å². The van der Waals surface area contributed by atoms with Crippen LogP contribution in [-0.2, 0) is 13.6 Å². The summed E-state index contributed by atoms with van der Waals surface area (Å²) < 4.78 is 3.32. The Morgan fingerprint density at radius 3 is 2.71 bits per heavy atom. The van der Waals surface area contributed by atoms with Crippen LogP contribution in [0.3, 0.4) is 0 Å². The van der Waals surface area contributed by atoms with Crippen molar-refractivity contribution in [3.63, 3.8) is 0 Å². The molecule has 2 aromatic rings. The van der Waals surface area contributed by atoms with Crippen LogP contribution >= 0.6 is 0 Å². The number of hydrogen-bond donors (Lipinski definition) is 1. The van der Waals surface area contributed by atoms with Crippen LogP contribution in [0, 0.1) is 0 Å². The van der Waals surface area contributed by atoms with Gasteiger partial charge in [-0.15, -0.1) is 0 Å². The smallest absolute Gasteiger partial charge is 0.187 e. The number of nitrogens with zero attached hydrogens (tertiary/aromatic N) is 4. The quantitative estimate of drug-likeness (QED) is 0.781. The highest BCUT2D eigenvalue weighted by atomic mass is 16.1. The highest BCUT2D eigenvalue weighted by molar-refractivity contribution is 6.00. The number of ketones is 1. The lowest BCUT2D eigenvalue weighted by molar-refractivity contribution is 0.0961. The lowest BCUT2D eigenvalue weighted by Gasteiger charge is -2.05. The van der Waals surface area contributed by atoms with Crippen LogP contribution in [0.1, 0.15) is 28.9 Å². The van der Waals surface area contributed by atoms with E-state index in [0.717, 1.165) is 6.54 Å². The Morgan fingerprint density at radius 1 is 1.41 bits per heavy atom. The maximum Gasteiger partial charge on any atom is 0.187 e. The molecule has 2 heterocycles. The minimum atomic E-state index is -0.682. The Balaban J connectivity index is 2.19. The van der Waals surface area contributed by atoms with Crippen molar-refractivity contribution < 1.29 is 4.79 Å². The third-order valence-corrected chi connectivity index (χ3v) is 2.61. The van der Waals surface area contributed by atoms with E-state index in [1.54, 1.807) is 41.2 Å². The van der Waals surface area contributed by atoms with E-state index in [2.05, 4.69) is 10.2 Å². The van der Waals surface area contributed by atoms with Crippen LogP contribution < -0.4 is 5.73 Å². The van der Waals surface area contributed by atoms with E-state index in [1.807, 2.05) is 6.92 Å². The monoisotopic (exact) mass is 233 g/mol. The first-order valence-corrected chi connectivity index (χ1v) is 5.42.